The molecule has 2 amide bonds. The van der Waals surface area contributed by atoms with Crippen molar-refractivity contribution in [2.75, 3.05) is 13.2 Å². The largest absolute Gasteiger partial charge is 0.482 e. The van der Waals surface area contributed by atoms with Crippen molar-refractivity contribution < 1.29 is 29.0 Å². The maximum atomic E-state index is 13.9. The number of allylic oxidation sites excluding steroid dienone is 2. The van der Waals surface area contributed by atoms with Crippen LogP contribution in [0.2, 0.25) is 0 Å². The van der Waals surface area contributed by atoms with Gasteiger partial charge in [-0.1, -0.05) is 60.7 Å². The Balaban J connectivity index is 1.62. The van der Waals surface area contributed by atoms with E-state index in [1.807, 2.05) is 60.7 Å². The van der Waals surface area contributed by atoms with Crippen molar-refractivity contribution in [1.82, 2.24) is 4.90 Å². The lowest BCUT2D eigenvalue weighted by Gasteiger charge is -2.31. The standard InChI is InChI=1S/C28H29NO6/c30-16-8-7-13-23-14-15-25(31)26(35-23)24(18-21-11-5-2-6-12-21)27(32)29-22(19-34-28(29)33)17-20-9-3-1-4-10-20/h1-6,9-15,22,24,26,30H,7-8,16-19H2/t22-,24-,26-/m0/s1. The Morgan fingerprint density at radius 1 is 1.03 bits per heavy atom. The second kappa shape index (κ2) is 11.6. The number of carbonyl (C=O) groups is 3. The molecule has 1 N–H and O–H groups in total. The van der Waals surface area contributed by atoms with Crippen LogP contribution in [0.25, 0.3) is 0 Å². The molecule has 182 valence electrons. The molecule has 35 heavy (non-hydrogen) atoms. The van der Waals surface area contributed by atoms with Crippen LogP contribution < -0.4 is 0 Å². The number of aliphatic hydroxyl groups is 1. The fourth-order valence-corrected chi connectivity index (χ4v) is 4.37. The molecule has 0 radical (unpaired) electrons. The molecular weight excluding hydrogens is 446 g/mol. The third-order valence-corrected chi connectivity index (χ3v) is 6.16. The third-order valence-electron chi connectivity index (χ3n) is 6.16. The normalized spacial score (nSPS) is 21.6. The number of unbranched alkanes of at least 4 members (excludes halogenated alkanes) is 1. The smallest absolute Gasteiger partial charge is 0.416 e. The van der Waals surface area contributed by atoms with Gasteiger partial charge in [0.15, 0.2) is 11.9 Å². The molecule has 0 saturated carbocycles. The van der Waals surface area contributed by atoms with E-state index >= 15 is 0 Å². The molecule has 0 bridgehead atoms. The lowest BCUT2D eigenvalue weighted by molar-refractivity contribution is -0.143. The molecule has 4 rings (SSSR count). The zero-order valence-corrected chi connectivity index (χ0v) is 19.4. The van der Waals surface area contributed by atoms with E-state index in [1.54, 1.807) is 12.2 Å². The van der Waals surface area contributed by atoms with Crippen LogP contribution in [0, 0.1) is 5.92 Å². The number of ketones is 1. The summed E-state index contributed by atoms with van der Waals surface area (Å²) in [6, 6.07) is 18.5. The first kappa shape index (κ1) is 24.4. The van der Waals surface area contributed by atoms with Crippen molar-refractivity contribution in [3.05, 3.63) is 95.8 Å². The summed E-state index contributed by atoms with van der Waals surface area (Å²) in [5, 5.41) is 9.06. The van der Waals surface area contributed by atoms with Crippen LogP contribution in [0.15, 0.2) is 84.7 Å². The molecule has 0 spiro atoms. The molecule has 2 aliphatic rings. The van der Waals surface area contributed by atoms with Crippen LogP contribution >= 0.6 is 0 Å². The predicted octanol–water partition coefficient (Wildman–Crippen LogP) is 3.62. The quantitative estimate of drug-likeness (QED) is 0.557. The highest BCUT2D eigenvalue weighted by atomic mass is 16.6. The summed E-state index contributed by atoms with van der Waals surface area (Å²) in [6.07, 6.45) is 4.83. The number of ether oxygens (including phenoxy) is 2. The SMILES string of the molecule is O=C1C=CC(=CCCCO)O[C@H]1[C@H](Cc1ccccc1)C(=O)N1C(=O)OC[C@@H]1Cc1ccccc1. The molecule has 2 aliphatic heterocycles. The molecule has 2 heterocycles. The van der Waals surface area contributed by atoms with E-state index in [-0.39, 0.29) is 25.4 Å². The number of benzene rings is 2. The van der Waals surface area contributed by atoms with Gasteiger partial charge in [-0.2, -0.15) is 0 Å². The lowest BCUT2D eigenvalue weighted by Crippen LogP contribution is -2.49. The van der Waals surface area contributed by atoms with E-state index in [2.05, 4.69) is 0 Å². The van der Waals surface area contributed by atoms with Crippen molar-refractivity contribution in [3.63, 3.8) is 0 Å². The molecule has 0 aromatic heterocycles. The maximum absolute atomic E-state index is 13.9. The molecular formula is C28H29NO6. The number of nitrogens with zero attached hydrogens (tertiary/aromatic N) is 1. The second-order valence-electron chi connectivity index (χ2n) is 8.67. The average molecular weight is 476 g/mol. The van der Waals surface area contributed by atoms with Gasteiger partial charge in [-0.05, 0) is 55.0 Å². The van der Waals surface area contributed by atoms with Gasteiger partial charge >= 0.3 is 6.09 Å². The molecule has 7 heteroatoms. The Hall–Kier alpha value is -3.71. The summed E-state index contributed by atoms with van der Waals surface area (Å²) in [5.41, 5.74) is 1.84. The van der Waals surface area contributed by atoms with Crippen molar-refractivity contribution in [2.24, 2.45) is 5.92 Å². The number of amides is 2. The minimum absolute atomic E-state index is 0.0465. The summed E-state index contributed by atoms with van der Waals surface area (Å²) in [5.74, 6) is -1.26. The molecule has 0 aliphatic carbocycles. The minimum Gasteiger partial charge on any atom is -0.482 e. The fraction of sp³-hybridized carbons (Fsp3) is 0.321. The van der Waals surface area contributed by atoms with Gasteiger partial charge in [-0.25, -0.2) is 9.69 Å². The minimum atomic E-state index is -1.07. The van der Waals surface area contributed by atoms with E-state index in [1.165, 1.54) is 6.08 Å². The van der Waals surface area contributed by atoms with E-state index in [9.17, 15) is 14.4 Å². The monoisotopic (exact) mass is 475 g/mol. The van der Waals surface area contributed by atoms with Crippen molar-refractivity contribution in [3.8, 4) is 0 Å². The Morgan fingerprint density at radius 3 is 2.40 bits per heavy atom. The summed E-state index contributed by atoms with van der Waals surface area (Å²) < 4.78 is 11.3. The van der Waals surface area contributed by atoms with Gasteiger partial charge < -0.3 is 14.6 Å². The number of hydrogen-bond donors (Lipinski definition) is 1. The Morgan fingerprint density at radius 2 is 1.71 bits per heavy atom. The van der Waals surface area contributed by atoms with Gasteiger partial charge in [-0.15, -0.1) is 0 Å². The summed E-state index contributed by atoms with van der Waals surface area (Å²) in [6.45, 7) is 0.147. The highest BCUT2D eigenvalue weighted by molar-refractivity contribution is 6.02. The number of rotatable bonds is 9. The number of carbonyl (C=O) groups excluding carboxylic acids is 3. The van der Waals surface area contributed by atoms with Crippen LogP contribution in [0.3, 0.4) is 0 Å². The number of aliphatic hydroxyl groups excluding tert-OH is 1. The van der Waals surface area contributed by atoms with E-state index in [0.29, 0.717) is 25.0 Å². The topological polar surface area (TPSA) is 93.1 Å². The van der Waals surface area contributed by atoms with Gasteiger partial charge in [0.2, 0.25) is 5.91 Å². The first-order chi connectivity index (χ1) is 17.1. The van der Waals surface area contributed by atoms with Gasteiger partial charge in [0.25, 0.3) is 0 Å². The second-order valence-corrected chi connectivity index (χ2v) is 8.67. The van der Waals surface area contributed by atoms with Crippen LogP contribution in [0.5, 0.6) is 0 Å². The Kier molecular flexibility index (Phi) is 8.11. The van der Waals surface area contributed by atoms with Gasteiger partial charge in [-0.3, -0.25) is 9.59 Å². The van der Waals surface area contributed by atoms with Crippen LogP contribution in [-0.4, -0.2) is 53.1 Å². The lowest BCUT2D eigenvalue weighted by atomic mass is 9.88. The Labute approximate surface area is 204 Å². The van der Waals surface area contributed by atoms with Gasteiger partial charge in [0.1, 0.15) is 12.4 Å². The zero-order valence-electron chi connectivity index (χ0n) is 19.4. The number of cyclic esters (lactones) is 1. The molecule has 0 unspecified atom stereocenters. The van der Waals surface area contributed by atoms with Crippen molar-refractivity contribution in [1.29, 1.82) is 0 Å². The molecule has 7 nitrogen and oxygen atoms in total. The Bertz CT molecular complexity index is 1090. The maximum Gasteiger partial charge on any atom is 0.416 e. The first-order valence-corrected chi connectivity index (χ1v) is 11.8. The van der Waals surface area contributed by atoms with E-state index < -0.39 is 30.1 Å². The molecule has 2 aromatic carbocycles. The van der Waals surface area contributed by atoms with Crippen LogP contribution in [0.1, 0.15) is 24.0 Å². The van der Waals surface area contributed by atoms with Gasteiger partial charge in [0.05, 0.1) is 12.0 Å². The number of imide groups is 1. The predicted molar refractivity (Wildman–Crippen MR) is 129 cm³/mol. The average Bonchev–Trinajstić information content (AvgIpc) is 3.24. The highest BCUT2D eigenvalue weighted by Crippen LogP contribution is 2.28. The third kappa shape index (κ3) is 6.05. The van der Waals surface area contributed by atoms with Crippen molar-refractivity contribution in [2.45, 2.75) is 37.8 Å². The summed E-state index contributed by atoms with van der Waals surface area (Å²) >= 11 is 0. The zero-order chi connectivity index (χ0) is 24.6. The molecule has 1 fully saturated rings. The van der Waals surface area contributed by atoms with E-state index in [4.69, 9.17) is 14.6 Å². The first-order valence-electron chi connectivity index (χ1n) is 11.8. The van der Waals surface area contributed by atoms with Crippen molar-refractivity contribution >= 4 is 17.8 Å². The molecule has 2 aromatic rings. The molecule has 1 saturated heterocycles. The van der Waals surface area contributed by atoms with Crippen LogP contribution in [0.4, 0.5) is 4.79 Å². The summed E-state index contributed by atoms with van der Waals surface area (Å²) in [4.78, 5) is 40.6. The van der Waals surface area contributed by atoms with E-state index in [0.717, 1.165) is 16.0 Å². The van der Waals surface area contributed by atoms with Gasteiger partial charge in [0, 0.05) is 6.61 Å². The van der Waals surface area contributed by atoms with Crippen LogP contribution in [-0.2, 0) is 31.9 Å². The molecule has 3 atom stereocenters. The number of hydrogen-bond acceptors (Lipinski definition) is 6. The highest BCUT2D eigenvalue weighted by Gasteiger charge is 2.45. The summed E-state index contributed by atoms with van der Waals surface area (Å²) in [7, 11) is 0. The fourth-order valence-electron chi connectivity index (χ4n) is 4.37.